The fraction of sp³-hybridized carbons (Fsp3) is 0.625. The summed E-state index contributed by atoms with van der Waals surface area (Å²) in [6, 6.07) is 9.91. The minimum atomic E-state index is 0.394. The molecule has 3 heteroatoms. The van der Waals surface area contributed by atoms with Crippen molar-refractivity contribution >= 4 is 0 Å². The first-order chi connectivity index (χ1) is 9.33. The average molecular weight is 260 g/mol. The highest BCUT2D eigenvalue weighted by Gasteiger charge is 2.24. The van der Waals surface area contributed by atoms with Gasteiger partial charge in [-0.2, -0.15) is 0 Å². The highest BCUT2D eigenvalue weighted by atomic mass is 16.5. The van der Waals surface area contributed by atoms with Crippen LogP contribution in [0.3, 0.4) is 0 Å². The van der Waals surface area contributed by atoms with E-state index >= 15 is 0 Å². The summed E-state index contributed by atoms with van der Waals surface area (Å²) >= 11 is 0. The van der Waals surface area contributed by atoms with E-state index < -0.39 is 0 Å². The van der Waals surface area contributed by atoms with E-state index in [2.05, 4.69) is 41.8 Å². The van der Waals surface area contributed by atoms with Crippen molar-refractivity contribution in [2.24, 2.45) is 0 Å². The van der Waals surface area contributed by atoms with E-state index in [1.54, 1.807) is 0 Å². The lowest BCUT2D eigenvalue weighted by atomic mass is 9.96. The van der Waals surface area contributed by atoms with Gasteiger partial charge in [0.2, 0.25) is 0 Å². The molecule has 0 bridgehead atoms. The van der Waals surface area contributed by atoms with Crippen molar-refractivity contribution in [3.63, 3.8) is 0 Å². The summed E-state index contributed by atoms with van der Waals surface area (Å²) in [4.78, 5) is 0. The minimum Gasteiger partial charge on any atom is -0.378 e. The van der Waals surface area contributed by atoms with Crippen LogP contribution in [0.1, 0.15) is 43.4 Å². The zero-order valence-electron chi connectivity index (χ0n) is 11.7. The van der Waals surface area contributed by atoms with Crippen molar-refractivity contribution in [1.82, 2.24) is 10.6 Å². The van der Waals surface area contributed by atoms with Gasteiger partial charge in [-0.05, 0) is 43.9 Å². The molecule has 0 saturated carbocycles. The quantitative estimate of drug-likeness (QED) is 0.856. The van der Waals surface area contributed by atoms with Gasteiger partial charge in [-0.3, -0.25) is 0 Å². The third kappa shape index (κ3) is 3.16. The first-order valence-corrected chi connectivity index (χ1v) is 7.49. The fourth-order valence-electron chi connectivity index (χ4n) is 3.27. The SMILES string of the molecule is CC1CC(NC2CCNCc3ccccc32)CCO1. The largest absolute Gasteiger partial charge is 0.378 e. The summed E-state index contributed by atoms with van der Waals surface area (Å²) in [7, 11) is 0. The molecule has 0 radical (unpaired) electrons. The Kier molecular flexibility index (Phi) is 4.16. The predicted octanol–water partition coefficient (Wildman–Crippen LogP) is 2.38. The Hall–Kier alpha value is -0.900. The Morgan fingerprint density at radius 3 is 3.05 bits per heavy atom. The van der Waals surface area contributed by atoms with Crippen LogP contribution in [0.2, 0.25) is 0 Å². The molecular weight excluding hydrogens is 236 g/mol. The molecule has 3 unspecified atom stereocenters. The van der Waals surface area contributed by atoms with Crippen molar-refractivity contribution in [3.8, 4) is 0 Å². The van der Waals surface area contributed by atoms with Crippen LogP contribution in [0, 0.1) is 0 Å². The molecule has 19 heavy (non-hydrogen) atoms. The third-order valence-electron chi connectivity index (χ3n) is 4.28. The molecule has 1 aromatic rings. The molecule has 3 atom stereocenters. The fourth-order valence-corrected chi connectivity index (χ4v) is 3.27. The van der Waals surface area contributed by atoms with Crippen LogP contribution in [0.15, 0.2) is 24.3 Å². The molecule has 0 aromatic heterocycles. The van der Waals surface area contributed by atoms with Crippen LogP contribution in [-0.4, -0.2) is 25.3 Å². The van der Waals surface area contributed by atoms with Gasteiger partial charge >= 0.3 is 0 Å². The van der Waals surface area contributed by atoms with Crippen molar-refractivity contribution in [2.45, 2.75) is 50.9 Å². The van der Waals surface area contributed by atoms with Crippen LogP contribution in [0.5, 0.6) is 0 Å². The zero-order valence-corrected chi connectivity index (χ0v) is 11.7. The second-order valence-electron chi connectivity index (χ2n) is 5.79. The Morgan fingerprint density at radius 1 is 1.26 bits per heavy atom. The number of hydrogen-bond donors (Lipinski definition) is 2. The van der Waals surface area contributed by atoms with Gasteiger partial charge in [0.15, 0.2) is 0 Å². The lowest BCUT2D eigenvalue weighted by Crippen LogP contribution is -2.40. The summed E-state index contributed by atoms with van der Waals surface area (Å²) in [5.74, 6) is 0. The van der Waals surface area contributed by atoms with Gasteiger partial charge in [-0.25, -0.2) is 0 Å². The summed E-state index contributed by atoms with van der Waals surface area (Å²) < 4.78 is 5.64. The van der Waals surface area contributed by atoms with Crippen molar-refractivity contribution in [1.29, 1.82) is 0 Å². The maximum Gasteiger partial charge on any atom is 0.0561 e. The molecule has 2 heterocycles. The summed E-state index contributed by atoms with van der Waals surface area (Å²) in [5.41, 5.74) is 2.92. The highest BCUT2D eigenvalue weighted by Crippen LogP contribution is 2.26. The third-order valence-corrected chi connectivity index (χ3v) is 4.28. The Balaban J connectivity index is 1.73. The standard InChI is InChI=1S/C16H24N2O/c1-12-10-14(7-9-19-12)18-16-6-8-17-11-13-4-2-3-5-15(13)16/h2-5,12,14,16-18H,6-11H2,1H3. The number of ether oxygens (including phenoxy) is 1. The molecule has 2 N–H and O–H groups in total. The van der Waals surface area contributed by atoms with E-state index in [0.29, 0.717) is 18.2 Å². The number of benzene rings is 1. The van der Waals surface area contributed by atoms with Crippen LogP contribution in [0.4, 0.5) is 0 Å². The van der Waals surface area contributed by atoms with Gasteiger partial charge < -0.3 is 15.4 Å². The first-order valence-electron chi connectivity index (χ1n) is 7.49. The summed E-state index contributed by atoms with van der Waals surface area (Å²) in [6.07, 6.45) is 3.83. The summed E-state index contributed by atoms with van der Waals surface area (Å²) in [6.45, 7) is 5.16. The molecule has 3 nitrogen and oxygen atoms in total. The van der Waals surface area contributed by atoms with E-state index in [1.807, 2.05) is 0 Å². The van der Waals surface area contributed by atoms with Crippen molar-refractivity contribution in [3.05, 3.63) is 35.4 Å². The normalized spacial score (nSPS) is 31.5. The zero-order chi connectivity index (χ0) is 13.1. The van der Waals surface area contributed by atoms with Gasteiger partial charge in [0.05, 0.1) is 6.10 Å². The van der Waals surface area contributed by atoms with Crippen molar-refractivity contribution < 1.29 is 4.74 Å². The lowest BCUT2D eigenvalue weighted by Gasteiger charge is -2.32. The minimum absolute atomic E-state index is 0.394. The van der Waals surface area contributed by atoms with Gasteiger partial charge in [0, 0.05) is 25.2 Å². The van der Waals surface area contributed by atoms with E-state index in [1.165, 1.54) is 17.5 Å². The van der Waals surface area contributed by atoms with E-state index in [0.717, 1.165) is 32.5 Å². The summed E-state index contributed by atoms with van der Waals surface area (Å²) in [5, 5.41) is 7.38. The Labute approximate surface area is 115 Å². The molecule has 0 amide bonds. The molecule has 2 aliphatic heterocycles. The van der Waals surface area contributed by atoms with E-state index in [4.69, 9.17) is 4.74 Å². The average Bonchev–Trinajstić information content (AvgIpc) is 2.62. The lowest BCUT2D eigenvalue weighted by molar-refractivity contribution is 0.0110. The molecule has 1 fully saturated rings. The smallest absolute Gasteiger partial charge is 0.0561 e. The van der Waals surface area contributed by atoms with Crippen molar-refractivity contribution in [2.75, 3.05) is 13.2 Å². The van der Waals surface area contributed by atoms with Crippen LogP contribution in [0.25, 0.3) is 0 Å². The topological polar surface area (TPSA) is 33.3 Å². The second kappa shape index (κ2) is 6.04. The van der Waals surface area contributed by atoms with Gasteiger partial charge in [0.1, 0.15) is 0 Å². The molecule has 0 spiro atoms. The number of hydrogen-bond acceptors (Lipinski definition) is 3. The number of fused-ring (bicyclic) bond motifs is 1. The highest BCUT2D eigenvalue weighted by molar-refractivity contribution is 5.31. The monoisotopic (exact) mass is 260 g/mol. The molecule has 1 saturated heterocycles. The maximum absolute atomic E-state index is 5.64. The van der Waals surface area contributed by atoms with Gasteiger partial charge in [-0.15, -0.1) is 0 Å². The molecule has 1 aromatic carbocycles. The number of rotatable bonds is 2. The van der Waals surface area contributed by atoms with Gasteiger partial charge in [-0.1, -0.05) is 24.3 Å². The molecular formula is C16H24N2O. The first kappa shape index (κ1) is 13.1. The van der Waals surface area contributed by atoms with Crippen LogP contribution in [-0.2, 0) is 11.3 Å². The molecule has 3 rings (SSSR count). The second-order valence-corrected chi connectivity index (χ2v) is 5.79. The van der Waals surface area contributed by atoms with Crippen LogP contribution >= 0.6 is 0 Å². The predicted molar refractivity (Wildman–Crippen MR) is 77.1 cm³/mol. The van der Waals surface area contributed by atoms with E-state index in [-0.39, 0.29) is 0 Å². The Bertz CT molecular complexity index is 421. The van der Waals surface area contributed by atoms with E-state index in [9.17, 15) is 0 Å². The molecule has 104 valence electrons. The maximum atomic E-state index is 5.64. The van der Waals surface area contributed by atoms with Gasteiger partial charge in [0.25, 0.3) is 0 Å². The molecule has 0 aliphatic carbocycles. The van der Waals surface area contributed by atoms with Crippen LogP contribution < -0.4 is 10.6 Å². The Morgan fingerprint density at radius 2 is 2.16 bits per heavy atom. The number of nitrogens with one attached hydrogen (secondary N) is 2. The molecule has 2 aliphatic rings.